The van der Waals surface area contributed by atoms with E-state index in [-0.39, 0.29) is 17.3 Å². The fourth-order valence-corrected chi connectivity index (χ4v) is 4.23. The molecular weight excluding hydrogens is 406 g/mol. The maximum absolute atomic E-state index is 12.0. The molecule has 0 spiro atoms. The quantitative estimate of drug-likeness (QED) is 0.335. The number of anilines is 2. The molecule has 0 aliphatic heterocycles. The lowest BCUT2D eigenvalue weighted by Crippen LogP contribution is -2.13. The summed E-state index contributed by atoms with van der Waals surface area (Å²) < 4.78 is 0.650. The molecule has 3 N–H and O–H groups in total. The smallest absolute Gasteiger partial charge is 0.269 e. The third kappa shape index (κ3) is 5.67. The van der Waals surface area contributed by atoms with Crippen molar-refractivity contribution in [2.75, 3.05) is 16.8 Å². The molecule has 0 aliphatic carbocycles. The number of nitro benzene ring substituents is 1. The predicted molar refractivity (Wildman–Crippen MR) is 107 cm³/mol. The van der Waals surface area contributed by atoms with Crippen molar-refractivity contribution >= 4 is 57.3 Å². The van der Waals surface area contributed by atoms with Crippen LogP contribution in [0, 0.1) is 10.1 Å². The van der Waals surface area contributed by atoms with Crippen LogP contribution in [0.1, 0.15) is 0 Å². The summed E-state index contributed by atoms with van der Waals surface area (Å²) in [5, 5.41) is 21.4. The number of nitro groups is 1. The minimum atomic E-state index is -0.426. The molecule has 0 unspecified atom stereocenters. The number of carbonyl (C=O) groups excluding carboxylic acids is 1. The molecule has 138 valence electrons. The van der Waals surface area contributed by atoms with E-state index in [2.05, 4.69) is 15.5 Å². The molecule has 1 amide bonds. The van der Waals surface area contributed by atoms with E-state index in [0.29, 0.717) is 15.2 Å². The number of thioether (sulfide) groups is 1. The van der Waals surface area contributed by atoms with Gasteiger partial charge < -0.3 is 11.1 Å². The maximum Gasteiger partial charge on any atom is 0.269 e. The van der Waals surface area contributed by atoms with E-state index in [1.165, 1.54) is 47.0 Å². The number of rotatable bonds is 7. The Bertz CT molecular complexity index is 945. The van der Waals surface area contributed by atoms with Crippen molar-refractivity contribution in [3.8, 4) is 0 Å². The number of nitrogens with one attached hydrogen (secondary N) is 1. The Labute approximate surface area is 166 Å². The van der Waals surface area contributed by atoms with Gasteiger partial charge in [0, 0.05) is 27.6 Å². The lowest BCUT2D eigenvalue weighted by atomic mass is 10.3. The van der Waals surface area contributed by atoms with Gasteiger partial charge in [-0.15, -0.1) is 10.2 Å². The van der Waals surface area contributed by atoms with Gasteiger partial charge in [0.2, 0.25) is 11.0 Å². The number of hydrogen-bond acceptors (Lipinski definition) is 9. The third-order valence-corrected chi connectivity index (χ3v) is 6.07. The fourth-order valence-electron chi connectivity index (χ4n) is 1.98. The van der Waals surface area contributed by atoms with Crippen LogP contribution in [-0.2, 0) is 4.79 Å². The number of non-ortho nitro benzene ring substituents is 1. The second kappa shape index (κ2) is 8.84. The molecule has 0 saturated carbocycles. The molecule has 1 aromatic heterocycles. The summed E-state index contributed by atoms with van der Waals surface area (Å²) in [6.07, 6.45) is 0. The highest BCUT2D eigenvalue weighted by molar-refractivity contribution is 8.01. The molecule has 3 rings (SSSR count). The van der Waals surface area contributed by atoms with Crippen LogP contribution >= 0.6 is 34.9 Å². The molecule has 11 heteroatoms. The zero-order valence-corrected chi connectivity index (χ0v) is 16.1. The number of hydrogen-bond donors (Lipinski definition) is 2. The highest BCUT2D eigenvalue weighted by atomic mass is 32.2. The molecule has 0 radical (unpaired) electrons. The summed E-state index contributed by atoms with van der Waals surface area (Å²) >= 11 is 4.00. The number of nitrogens with zero attached hydrogens (tertiary/aromatic N) is 3. The summed E-state index contributed by atoms with van der Waals surface area (Å²) in [5.74, 6) is 0.0676. The second-order valence-electron chi connectivity index (χ2n) is 5.12. The van der Waals surface area contributed by atoms with E-state index < -0.39 is 4.92 Å². The molecule has 0 bridgehead atoms. The Morgan fingerprint density at radius 3 is 2.30 bits per heavy atom. The fraction of sp³-hybridized carbons (Fsp3) is 0.0625. The summed E-state index contributed by atoms with van der Waals surface area (Å²) in [5.41, 5.74) is 6.24. The largest absolute Gasteiger partial charge is 0.374 e. The van der Waals surface area contributed by atoms with Gasteiger partial charge in [-0.25, -0.2) is 0 Å². The highest BCUT2D eigenvalue weighted by Gasteiger charge is 2.08. The molecule has 0 saturated heterocycles. The number of nitrogens with two attached hydrogens (primary N) is 1. The van der Waals surface area contributed by atoms with Gasteiger partial charge in [0.25, 0.3) is 5.69 Å². The van der Waals surface area contributed by atoms with Crippen molar-refractivity contribution in [2.45, 2.75) is 14.1 Å². The van der Waals surface area contributed by atoms with Gasteiger partial charge in [-0.1, -0.05) is 34.9 Å². The minimum absolute atomic E-state index is 0.0616. The maximum atomic E-state index is 12.0. The van der Waals surface area contributed by atoms with Crippen LogP contribution in [0.3, 0.4) is 0 Å². The topological polar surface area (TPSA) is 124 Å². The molecule has 0 fully saturated rings. The van der Waals surface area contributed by atoms with E-state index in [0.717, 1.165) is 9.79 Å². The Balaban J connectivity index is 1.52. The first-order valence-electron chi connectivity index (χ1n) is 7.53. The van der Waals surface area contributed by atoms with Gasteiger partial charge in [0.05, 0.1) is 10.7 Å². The first-order valence-corrected chi connectivity index (χ1v) is 10.2. The molecular formula is C16H13N5O3S3. The lowest BCUT2D eigenvalue weighted by Gasteiger charge is -2.06. The normalized spacial score (nSPS) is 10.5. The zero-order chi connectivity index (χ0) is 19.2. The minimum Gasteiger partial charge on any atom is -0.374 e. The predicted octanol–water partition coefficient (Wildman–Crippen LogP) is 3.91. The molecule has 0 atom stereocenters. The van der Waals surface area contributed by atoms with E-state index in [1.54, 1.807) is 24.3 Å². The Kier molecular flexibility index (Phi) is 6.27. The summed E-state index contributed by atoms with van der Waals surface area (Å²) in [6, 6.07) is 13.7. The lowest BCUT2D eigenvalue weighted by molar-refractivity contribution is -0.384. The average Bonchev–Trinajstić information content (AvgIpc) is 3.07. The van der Waals surface area contributed by atoms with Gasteiger partial charge in [0.1, 0.15) is 0 Å². The van der Waals surface area contributed by atoms with E-state index in [1.807, 2.05) is 12.1 Å². The summed E-state index contributed by atoms with van der Waals surface area (Å²) in [6.45, 7) is 0. The Morgan fingerprint density at radius 2 is 1.74 bits per heavy atom. The standard InChI is InChI=1S/C16H13N5O3S3/c17-15-19-20-16(27-15)25-9-14(22)18-10-1-5-12(6-2-10)26-13-7-3-11(4-8-13)21(23)24/h1-8H,9H2,(H2,17,19)(H,18,22). The molecule has 2 aromatic carbocycles. The van der Waals surface area contributed by atoms with E-state index in [4.69, 9.17) is 5.73 Å². The first kappa shape index (κ1) is 19.1. The van der Waals surface area contributed by atoms with Crippen molar-refractivity contribution in [3.63, 3.8) is 0 Å². The first-order chi connectivity index (χ1) is 13.0. The SMILES string of the molecule is Nc1nnc(SCC(=O)Nc2ccc(Sc3ccc([N+](=O)[O-])cc3)cc2)s1. The highest BCUT2D eigenvalue weighted by Crippen LogP contribution is 2.30. The number of carbonyl (C=O) groups is 1. The van der Waals surface area contributed by atoms with Gasteiger partial charge in [-0.05, 0) is 36.4 Å². The van der Waals surface area contributed by atoms with Gasteiger partial charge in [0.15, 0.2) is 4.34 Å². The van der Waals surface area contributed by atoms with Crippen molar-refractivity contribution in [1.29, 1.82) is 0 Å². The van der Waals surface area contributed by atoms with Gasteiger partial charge >= 0.3 is 0 Å². The number of aromatic nitrogens is 2. The van der Waals surface area contributed by atoms with Crippen LogP contribution in [0.15, 0.2) is 62.7 Å². The number of nitrogen functional groups attached to an aromatic ring is 1. The zero-order valence-electron chi connectivity index (χ0n) is 13.7. The number of benzene rings is 2. The van der Waals surface area contributed by atoms with Crippen LogP contribution < -0.4 is 11.1 Å². The van der Waals surface area contributed by atoms with E-state index >= 15 is 0 Å². The van der Waals surface area contributed by atoms with Crippen molar-refractivity contribution in [1.82, 2.24) is 10.2 Å². The summed E-state index contributed by atoms with van der Waals surface area (Å²) in [4.78, 5) is 24.1. The molecule has 3 aromatic rings. The van der Waals surface area contributed by atoms with E-state index in [9.17, 15) is 14.9 Å². The van der Waals surface area contributed by atoms with Crippen LogP contribution in [0.5, 0.6) is 0 Å². The molecule has 0 aliphatic rings. The van der Waals surface area contributed by atoms with Crippen LogP contribution in [-0.4, -0.2) is 26.8 Å². The monoisotopic (exact) mass is 419 g/mol. The van der Waals surface area contributed by atoms with Crippen LogP contribution in [0.2, 0.25) is 0 Å². The van der Waals surface area contributed by atoms with Gasteiger partial charge in [-0.3, -0.25) is 14.9 Å². The summed E-state index contributed by atoms with van der Waals surface area (Å²) in [7, 11) is 0. The number of amides is 1. The third-order valence-electron chi connectivity index (χ3n) is 3.17. The average molecular weight is 420 g/mol. The Morgan fingerprint density at radius 1 is 1.11 bits per heavy atom. The molecule has 8 nitrogen and oxygen atoms in total. The van der Waals surface area contributed by atoms with Crippen molar-refractivity contribution in [2.24, 2.45) is 0 Å². The Hall–Kier alpha value is -2.63. The molecule has 27 heavy (non-hydrogen) atoms. The molecule has 1 heterocycles. The van der Waals surface area contributed by atoms with Crippen LogP contribution in [0.25, 0.3) is 0 Å². The van der Waals surface area contributed by atoms with Gasteiger partial charge in [-0.2, -0.15) is 0 Å². The van der Waals surface area contributed by atoms with Crippen LogP contribution in [0.4, 0.5) is 16.5 Å². The van der Waals surface area contributed by atoms with Crippen molar-refractivity contribution < 1.29 is 9.72 Å². The van der Waals surface area contributed by atoms with Crippen molar-refractivity contribution in [3.05, 3.63) is 58.6 Å². The second-order valence-corrected chi connectivity index (χ2v) is 8.50.